The van der Waals surface area contributed by atoms with Gasteiger partial charge in [-0.3, -0.25) is 9.59 Å². The van der Waals surface area contributed by atoms with E-state index >= 15 is 0 Å². The van der Waals surface area contributed by atoms with Crippen molar-refractivity contribution in [1.82, 2.24) is 15.1 Å². The van der Waals surface area contributed by atoms with Gasteiger partial charge in [0.25, 0.3) is 11.8 Å². The highest BCUT2D eigenvalue weighted by Gasteiger charge is 2.47. The van der Waals surface area contributed by atoms with E-state index in [1.165, 1.54) is 0 Å². The Balaban J connectivity index is 1.38. The summed E-state index contributed by atoms with van der Waals surface area (Å²) in [6.07, 6.45) is 2.62. The lowest BCUT2D eigenvalue weighted by molar-refractivity contribution is -0.131. The van der Waals surface area contributed by atoms with Crippen LogP contribution in [0.5, 0.6) is 0 Å². The van der Waals surface area contributed by atoms with Crippen molar-refractivity contribution < 1.29 is 14.7 Å². The van der Waals surface area contributed by atoms with Crippen LogP contribution in [0.3, 0.4) is 0 Å². The average molecular weight is 509 g/mol. The van der Waals surface area contributed by atoms with Gasteiger partial charge in [-0.1, -0.05) is 41.4 Å². The van der Waals surface area contributed by atoms with E-state index in [-0.39, 0.29) is 23.0 Å². The molecule has 1 saturated carbocycles. The number of aryl methyl sites for hydroxylation is 1. The standard InChI is InChI=1S/C26H22Cl2N4O3/c1-15-5-7-17(12-21(15)28)32-23-4-2-3-22(19(23)14-30-32)31-24(33)18-11-16(6-8-20(18)27)13-29-25(34)26(35)9-10-26/h2-8,11-12,14,35H,9-10,13H2,1H3,(H,29,34)(H,31,33). The number of carbonyl (C=O) groups is 2. The average Bonchev–Trinajstić information content (AvgIpc) is 3.45. The van der Waals surface area contributed by atoms with Crippen LogP contribution >= 0.6 is 23.2 Å². The molecule has 0 aliphatic heterocycles. The molecule has 0 bridgehead atoms. The summed E-state index contributed by atoms with van der Waals surface area (Å²) >= 11 is 12.6. The van der Waals surface area contributed by atoms with Crippen LogP contribution in [0.1, 0.15) is 34.3 Å². The lowest BCUT2D eigenvalue weighted by atomic mass is 10.1. The molecule has 3 aromatic carbocycles. The summed E-state index contributed by atoms with van der Waals surface area (Å²) in [5.41, 5.74) is 2.90. The summed E-state index contributed by atoms with van der Waals surface area (Å²) < 4.78 is 1.76. The van der Waals surface area contributed by atoms with Crippen LogP contribution in [-0.2, 0) is 11.3 Å². The lowest BCUT2D eigenvalue weighted by Gasteiger charge is -2.12. The molecular formula is C26H22Cl2N4O3. The van der Waals surface area contributed by atoms with Crippen LogP contribution in [-0.4, -0.2) is 32.3 Å². The second kappa shape index (κ2) is 9.00. The lowest BCUT2D eigenvalue weighted by Crippen LogP contribution is -2.35. The van der Waals surface area contributed by atoms with Gasteiger partial charge in [-0.15, -0.1) is 0 Å². The molecule has 0 atom stereocenters. The third-order valence-corrected chi connectivity index (χ3v) is 6.87. The number of anilines is 1. The van der Waals surface area contributed by atoms with Gasteiger partial charge in [0.1, 0.15) is 5.60 Å². The number of carbonyl (C=O) groups excluding carboxylic acids is 2. The zero-order chi connectivity index (χ0) is 24.7. The van der Waals surface area contributed by atoms with Crippen LogP contribution in [0.15, 0.2) is 60.8 Å². The second-order valence-electron chi connectivity index (χ2n) is 8.71. The topological polar surface area (TPSA) is 96.3 Å². The van der Waals surface area contributed by atoms with Crippen molar-refractivity contribution >= 4 is 51.6 Å². The van der Waals surface area contributed by atoms with E-state index in [2.05, 4.69) is 15.7 Å². The number of hydrogen-bond acceptors (Lipinski definition) is 4. The monoisotopic (exact) mass is 508 g/mol. The molecule has 1 aliphatic rings. The number of aliphatic hydroxyl groups is 1. The zero-order valence-corrected chi connectivity index (χ0v) is 20.3. The Bertz CT molecular complexity index is 1480. The number of rotatable bonds is 6. The third-order valence-electron chi connectivity index (χ3n) is 6.14. The van der Waals surface area contributed by atoms with Crippen molar-refractivity contribution in [3.63, 3.8) is 0 Å². The number of nitrogens with one attached hydrogen (secondary N) is 2. The number of hydrogen-bond donors (Lipinski definition) is 3. The molecule has 9 heteroatoms. The molecule has 3 N–H and O–H groups in total. The Labute approximate surface area is 211 Å². The largest absolute Gasteiger partial charge is 0.380 e. The van der Waals surface area contributed by atoms with Gasteiger partial charge in [0.2, 0.25) is 0 Å². The van der Waals surface area contributed by atoms with Gasteiger partial charge in [-0.05, 0) is 67.3 Å². The first-order valence-electron chi connectivity index (χ1n) is 11.1. The minimum atomic E-state index is -1.25. The molecule has 1 aromatic heterocycles. The number of amides is 2. The molecule has 1 fully saturated rings. The molecule has 7 nitrogen and oxygen atoms in total. The molecule has 1 heterocycles. The smallest absolute Gasteiger partial charge is 0.257 e. The molecule has 178 valence electrons. The molecule has 35 heavy (non-hydrogen) atoms. The summed E-state index contributed by atoms with van der Waals surface area (Å²) in [7, 11) is 0. The van der Waals surface area contributed by atoms with Crippen molar-refractivity contribution in [2.24, 2.45) is 0 Å². The molecule has 2 amide bonds. The van der Waals surface area contributed by atoms with Gasteiger partial charge in [0, 0.05) is 17.0 Å². The van der Waals surface area contributed by atoms with E-state index in [1.54, 1.807) is 35.1 Å². The predicted octanol–water partition coefficient (Wildman–Crippen LogP) is 5.03. The van der Waals surface area contributed by atoms with Gasteiger partial charge in [0.15, 0.2) is 0 Å². The minimum absolute atomic E-state index is 0.181. The Morgan fingerprint density at radius 1 is 1.09 bits per heavy atom. The maximum Gasteiger partial charge on any atom is 0.257 e. The first-order valence-corrected chi connectivity index (χ1v) is 11.8. The quantitative estimate of drug-likeness (QED) is 0.340. The number of benzene rings is 3. The van der Waals surface area contributed by atoms with Crippen LogP contribution < -0.4 is 10.6 Å². The first kappa shape index (κ1) is 23.4. The van der Waals surface area contributed by atoms with Gasteiger partial charge in [-0.25, -0.2) is 4.68 Å². The summed E-state index contributed by atoms with van der Waals surface area (Å²) in [5.74, 6) is -0.792. The number of aromatic nitrogens is 2. The maximum atomic E-state index is 13.1. The molecule has 5 rings (SSSR count). The number of halogens is 2. The highest BCUT2D eigenvalue weighted by Crippen LogP contribution is 2.35. The molecule has 0 unspecified atom stereocenters. The van der Waals surface area contributed by atoms with Crippen molar-refractivity contribution in [2.75, 3.05) is 5.32 Å². The Morgan fingerprint density at radius 2 is 1.89 bits per heavy atom. The third kappa shape index (κ3) is 4.62. The fraction of sp³-hybridized carbons (Fsp3) is 0.192. The SMILES string of the molecule is Cc1ccc(-n2ncc3c(NC(=O)c4cc(CNC(=O)C5(O)CC5)ccc4Cl)cccc32)cc1Cl. The zero-order valence-electron chi connectivity index (χ0n) is 18.8. The van der Waals surface area contributed by atoms with Crippen LogP contribution in [0.25, 0.3) is 16.6 Å². The van der Waals surface area contributed by atoms with E-state index in [0.717, 1.165) is 22.2 Å². The van der Waals surface area contributed by atoms with E-state index in [1.807, 2.05) is 37.3 Å². The van der Waals surface area contributed by atoms with E-state index in [9.17, 15) is 14.7 Å². The first-order chi connectivity index (χ1) is 16.7. The Hall–Kier alpha value is -3.39. The number of nitrogens with zero attached hydrogens (tertiary/aromatic N) is 2. The van der Waals surface area contributed by atoms with Crippen molar-refractivity contribution in [1.29, 1.82) is 0 Å². The predicted molar refractivity (Wildman–Crippen MR) is 136 cm³/mol. The van der Waals surface area contributed by atoms with Crippen LogP contribution in [0.4, 0.5) is 5.69 Å². The van der Waals surface area contributed by atoms with Gasteiger partial charge in [-0.2, -0.15) is 5.10 Å². The molecule has 0 radical (unpaired) electrons. The molecule has 0 spiro atoms. The van der Waals surface area contributed by atoms with E-state index < -0.39 is 11.5 Å². The highest BCUT2D eigenvalue weighted by atomic mass is 35.5. The van der Waals surface area contributed by atoms with Gasteiger partial charge >= 0.3 is 0 Å². The fourth-order valence-electron chi connectivity index (χ4n) is 3.82. The van der Waals surface area contributed by atoms with Gasteiger partial charge < -0.3 is 15.7 Å². The summed E-state index contributed by atoms with van der Waals surface area (Å²) in [6.45, 7) is 2.12. The minimum Gasteiger partial charge on any atom is -0.380 e. The van der Waals surface area contributed by atoms with Crippen molar-refractivity contribution in [2.45, 2.75) is 31.9 Å². The van der Waals surface area contributed by atoms with Crippen molar-refractivity contribution in [3.8, 4) is 5.69 Å². The molecule has 0 saturated heterocycles. The Morgan fingerprint density at radius 3 is 2.63 bits per heavy atom. The van der Waals surface area contributed by atoms with Crippen molar-refractivity contribution in [3.05, 3.63) is 87.5 Å². The van der Waals surface area contributed by atoms with E-state index in [4.69, 9.17) is 23.2 Å². The van der Waals surface area contributed by atoms with Gasteiger partial charge in [0.05, 0.1) is 33.7 Å². The normalized spacial score (nSPS) is 14.1. The summed E-state index contributed by atoms with van der Waals surface area (Å²) in [6, 6.07) is 16.2. The summed E-state index contributed by atoms with van der Waals surface area (Å²) in [4.78, 5) is 25.1. The summed E-state index contributed by atoms with van der Waals surface area (Å²) in [5, 5.41) is 21.7. The van der Waals surface area contributed by atoms with E-state index in [0.29, 0.717) is 29.1 Å². The maximum absolute atomic E-state index is 13.1. The Kier molecular flexibility index (Phi) is 6.01. The van der Waals surface area contributed by atoms with Crippen LogP contribution in [0.2, 0.25) is 10.0 Å². The highest BCUT2D eigenvalue weighted by molar-refractivity contribution is 6.34. The van der Waals surface area contributed by atoms with Crippen LogP contribution in [0, 0.1) is 6.92 Å². The molecule has 1 aliphatic carbocycles. The second-order valence-corrected chi connectivity index (χ2v) is 9.53. The number of fused-ring (bicyclic) bond motifs is 1. The molecular weight excluding hydrogens is 487 g/mol. The molecule has 4 aromatic rings. The fourth-order valence-corrected chi connectivity index (χ4v) is 4.20.